The van der Waals surface area contributed by atoms with Crippen LogP contribution < -0.4 is 5.32 Å². The molecule has 1 atom stereocenters. The molecule has 1 unspecified atom stereocenters. The smallest absolute Gasteiger partial charge is 0.255 e. The minimum Gasteiger partial charge on any atom is -0.394 e. The summed E-state index contributed by atoms with van der Waals surface area (Å²) < 4.78 is 0. The molecule has 0 radical (unpaired) electrons. The number of rotatable bonds is 4. The van der Waals surface area contributed by atoms with Crippen LogP contribution in [0.1, 0.15) is 28.5 Å². The molecule has 0 bridgehead atoms. The highest BCUT2D eigenvalue weighted by Gasteiger charge is 2.28. The van der Waals surface area contributed by atoms with Crippen LogP contribution in [0.25, 0.3) is 0 Å². The van der Waals surface area contributed by atoms with Gasteiger partial charge in [0.25, 0.3) is 5.91 Å². The molecule has 0 spiro atoms. The number of benzene rings is 1. The van der Waals surface area contributed by atoms with Gasteiger partial charge in [0.05, 0.1) is 22.7 Å². The van der Waals surface area contributed by atoms with Crippen molar-refractivity contribution in [3.05, 3.63) is 64.4 Å². The summed E-state index contributed by atoms with van der Waals surface area (Å²) in [6.07, 6.45) is 1.44. The molecule has 2 N–H and O–H groups in total. The minimum absolute atomic E-state index is 0.223. The predicted octanol–water partition coefficient (Wildman–Crippen LogP) is 2.68. The number of aryl methyl sites for hydroxylation is 1. The van der Waals surface area contributed by atoms with Crippen molar-refractivity contribution in [2.45, 2.75) is 19.4 Å². The van der Waals surface area contributed by atoms with E-state index in [2.05, 4.69) is 10.3 Å². The first-order valence-corrected chi connectivity index (χ1v) is 6.95. The summed E-state index contributed by atoms with van der Waals surface area (Å²) >= 11 is 6.08. The molecule has 1 heterocycles. The van der Waals surface area contributed by atoms with Crippen molar-refractivity contribution in [1.82, 2.24) is 10.3 Å². The van der Waals surface area contributed by atoms with Crippen LogP contribution in [-0.4, -0.2) is 22.6 Å². The number of aromatic nitrogens is 1. The van der Waals surface area contributed by atoms with Crippen molar-refractivity contribution >= 4 is 17.5 Å². The highest BCUT2D eigenvalue weighted by Crippen LogP contribution is 2.22. The summed E-state index contributed by atoms with van der Waals surface area (Å²) in [7, 11) is 0. The van der Waals surface area contributed by atoms with Gasteiger partial charge in [-0.1, -0.05) is 41.9 Å². The minimum atomic E-state index is -0.882. The molecular weight excluding hydrogens is 288 g/mol. The van der Waals surface area contributed by atoms with Crippen LogP contribution in [0.4, 0.5) is 0 Å². The molecule has 4 nitrogen and oxygen atoms in total. The van der Waals surface area contributed by atoms with E-state index in [0.29, 0.717) is 5.02 Å². The quantitative estimate of drug-likeness (QED) is 0.913. The largest absolute Gasteiger partial charge is 0.394 e. The van der Waals surface area contributed by atoms with Gasteiger partial charge in [0, 0.05) is 11.9 Å². The maximum absolute atomic E-state index is 12.4. The fraction of sp³-hybridized carbons (Fsp3) is 0.250. The van der Waals surface area contributed by atoms with Crippen LogP contribution >= 0.6 is 11.6 Å². The second kappa shape index (κ2) is 6.24. The Morgan fingerprint density at radius 1 is 1.38 bits per heavy atom. The maximum Gasteiger partial charge on any atom is 0.255 e. The molecule has 0 aliphatic rings. The average Bonchev–Trinajstić information content (AvgIpc) is 2.47. The summed E-state index contributed by atoms with van der Waals surface area (Å²) in [6, 6.07) is 10.9. The first-order valence-electron chi connectivity index (χ1n) is 6.57. The summed E-state index contributed by atoms with van der Waals surface area (Å²) in [5.74, 6) is -0.368. The topological polar surface area (TPSA) is 62.2 Å². The van der Waals surface area contributed by atoms with Gasteiger partial charge in [-0.05, 0) is 25.5 Å². The zero-order chi connectivity index (χ0) is 15.5. The van der Waals surface area contributed by atoms with Gasteiger partial charge in [-0.15, -0.1) is 0 Å². The summed E-state index contributed by atoms with van der Waals surface area (Å²) in [6.45, 7) is 3.34. The number of nitrogens with one attached hydrogen (secondary N) is 1. The number of nitrogens with zero attached hydrogens (tertiary/aromatic N) is 1. The van der Waals surface area contributed by atoms with Crippen LogP contribution in [0.2, 0.25) is 5.02 Å². The van der Waals surface area contributed by atoms with E-state index >= 15 is 0 Å². The molecule has 2 rings (SSSR count). The molecule has 1 amide bonds. The lowest BCUT2D eigenvalue weighted by atomic mass is 9.92. The normalized spacial score (nSPS) is 13.5. The summed E-state index contributed by atoms with van der Waals surface area (Å²) in [5, 5.41) is 12.8. The number of aliphatic hydroxyl groups excluding tert-OH is 1. The van der Waals surface area contributed by atoms with E-state index in [-0.39, 0.29) is 18.1 Å². The Morgan fingerprint density at radius 2 is 2.05 bits per heavy atom. The molecule has 0 fully saturated rings. The van der Waals surface area contributed by atoms with Gasteiger partial charge in [-0.25, -0.2) is 0 Å². The standard InChI is InChI=1S/C16H17ClN2O2/c1-11-8-14(17)13(9-18-11)15(21)19-16(2,10-20)12-6-4-3-5-7-12/h3-9,20H,10H2,1-2H3,(H,19,21). The second-order valence-electron chi connectivity index (χ2n) is 5.12. The molecular formula is C16H17ClN2O2. The van der Waals surface area contributed by atoms with Crippen molar-refractivity contribution in [3.63, 3.8) is 0 Å². The summed E-state index contributed by atoms with van der Waals surface area (Å²) in [5.41, 5.74) is 0.964. The molecule has 0 saturated heterocycles. The highest BCUT2D eigenvalue weighted by atomic mass is 35.5. The SMILES string of the molecule is Cc1cc(Cl)c(C(=O)NC(C)(CO)c2ccccc2)cn1. The zero-order valence-corrected chi connectivity index (χ0v) is 12.7. The van der Waals surface area contributed by atoms with E-state index < -0.39 is 5.54 Å². The molecule has 21 heavy (non-hydrogen) atoms. The van der Waals surface area contributed by atoms with Gasteiger partial charge in [0.1, 0.15) is 0 Å². The Bertz CT molecular complexity index is 646. The van der Waals surface area contributed by atoms with Crippen molar-refractivity contribution < 1.29 is 9.90 Å². The Balaban J connectivity index is 2.28. The van der Waals surface area contributed by atoms with Crippen LogP contribution in [0, 0.1) is 6.92 Å². The van der Waals surface area contributed by atoms with Crippen molar-refractivity contribution in [3.8, 4) is 0 Å². The van der Waals surface area contributed by atoms with Gasteiger partial charge in [-0.2, -0.15) is 0 Å². The van der Waals surface area contributed by atoms with Gasteiger partial charge in [0.15, 0.2) is 0 Å². The number of pyridine rings is 1. The van der Waals surface area contributed by atoms with Crippen LogP contribution in [-0.2, 0) is 5.54 Å². The Labute approximate surface area is 128 Å². The fourth-order valence-electron chi connectivity index (χ4n) is 2.02. The number of aliphatic hydroxyl groups is 1. The number of carbonyl (C=O) groups is 1. The van der Waals surface area contributed by atoms with E-state index in [4.69, 9.17) is 11.6 Å². The van der Waals surface area contributed by atoms with E-state index in [0.717, 1.165) is 11.3 Å². The highest BCUT2D eigenvalue weighted by molar-refractivity contribution is 6.33. The molecule has 0 aliphatic carbocycles. The van der Waals surface area contributed by atoms with E-state index in [9.17, 15) is 9.90 Å². The van der Waals surface area contributed by atoms with Gasteiger partial charge >= 0.3 is 0 Å². The van der Waals surface area contributed by atoms with Crippen LogP contribution in [0.15, 0.2) is 42.6 Å². The number of amides is 1. The third-order valence-corrected chi connectivity index (χ3v) is 3.66. The third-order valence-electron chi connectivity index (χ3n) is 3.35. The first-order chi connectivity index (χ1) is 9.96. The van der Waals surface area contributed by atoms with E-state index in [1.807, 2.05) is 30.3 Å². The lowest BCUT2D eigenvalue weighted by molar-refractivity contribution is 0.0849. The van der Waals surface area contributed by atoms with Crippen molar-refractivity contribution in [2.75, 3.05) is 6.61 Å². The Kier molecular flexibility index (Phi) is 4.60. The van der Waals surface area contributed by atoms with Crippen LogP contribution in [0.5, 0.6) is 0 Å². The molecule has 110 valence electrons. The lowest BCUT2D eigenvalue weighted by Crippen LogP contribution is -2.46. The molecule has 0 saturated carbocycles. The van der Waals surface area contributed by atoms with Gasteiger partial charge in [-0.3, -0.25) is 9.78 Å². The molecule has 0 aliphatic heterocycles. The number of hydrogen-bond donors (Lipinski definition) is 2. The van der Waals surface area contributed by atoms with E-state index in [1.54, 1.807) is 19.9 Å². The number of hydrogen-bond acceptors (Lipinski definition) is 3. The molecule has 2 aromatic rings. The van der Waals surface area contributed by atoms with Crippen molar-refractivity contribution in [1.29, 1.82) is 0 Å². The molecule has 1 aromatic carbocycles. The molecule has 5 heteroatoms. The van der Waals surface area contributed by atoms with E-state index in [1.165, 1.54) is 6.20 Å². The second-order valence-corrected chi connectivity index (χ2v) is 5.52. The fourth-order valence-corrected chi connectivity index (χ4v) is 2.31. The Hall–Kier alpha value is -1.91. The summed E-state index contributed by atoms with van der Waals surface area (Å²) in [4.78, 5) is 16.5. The number of carbonyl (C=O) groups excluding carboxylic acids is 1. The van der Waals surface area contributed by atoms with Crippen LogP contribution in [0.3, 0.4) is 0 Å². The third kappa shape index (κ3) is 3.40. The van der Waals surface area contributed by atoms with Crippen molar-refractivity contribution in [2.24, 2.45) is 0 Å². The zero-order valence-electron chi connectivity index (χ0n) is 11.9. The van der Waals surface area contributed by atoms with Gasteiger partial charge in [0.2, 0.25) is 0 Å². The predicted molar refractivity (Wildman–Crippen MR) is 82.3 cm³/mol. The lowest BCUT2D eigenvalue weighted by Gasteiger charge is -2.29. The Morgan fingerprint density at radius 3 is 2.62 bits per heavy atom. The number of halogens is 1. The average molecular weight is 305 g/mol. The van der Waals surface area contributed by atoms with Gasteiger partial charge < -0.3 is 10.4 Å². The maximum atomic E-state index is 12.4. The monoisotopic (exact) mass is 304 g/mol. The molecule has 1 aromatic heterocycles. The first kappa shape index (κ1) is 15.5.